The summed E-state index contributed by atoms with van der Waals surface area (Å²) in [6.07, 6.45) is 4.54. The van der Waals surface area contributed by atoms with Gasteiger partial charge in [0.15, 0.2) is 0 Å². The van der Waals surface area contributed by atoms with Gasteiger partial charge in [0.1, 0.15) is 0 Å². The maximum absolute atomic E-state index is 12.1. The third-order valence-corrected chi connectivity index (χ3v) is 4.73. The first-order chi connectivity index (χ1) is 10.5. The van der Waals surface area contributed by atoms with Crippen molar-refractivity contribution in [1.29, 1.82) is 0 Å². The fraction of sp³-hybridized carbons (Fsp3) is 0.941. The van der Waals surface area contributed by atoms with Crippen LogP contribution in [-0.2, 0) is 9.53 Å². The standard InChI is InChI=1S/C17H33N3O2.ClH/c1-17(2,13-22-3)12-20-9-5-6-14(11-20)10-19-16(21)15-7-4-8-18-15;/h14-15,18H,4-13H2,1-3H3,(H,19,21);1H. The third kappa shape index (κ3) is 6.96. The molecule has 0 aliphatic carbocycles. The predicted molar refractivity (Wildman–Crippen MR) is 96.1 cm³/mol. The van der Waals surface area contributed by atoms with E-state index in [1.165, 1.54) is 19.4 Å². The molecule has 2 fully saturated rings. The average molecular weight is 348 g/mol. The van der Waals surface area contributed by atoms with Crippen LogP contribution in [0.2, 0.25) is 0 Å². The van der Waals surface area contributed by atoms with Gasteiger partial charge in [-0.15, -0.1) is 12.4 Å². The van der Waals surface area contributed by atoms with E-state index < -0.39 is 0 Å². The van der Waals surface area contributed by atoms with Gasteiger partial charge in [-0.3, -0.25) is 4.79 Å². The quantitative estimate of drug-likeness (QED) is 0.735. The number of carbonyl (C=O) groups is 1. The van der Waals surface area contributed by atoms with Crippen LogP contribution in [0.4, 0.5) is 0 Å². The Kier molecular flexibility index (Phi) is 8.83. The maximum atomic E-state index is 12.1. The first-order valence-electron chi connectivity index (χ1n) is 8.72. The highest BCUT2D eigenvalue weighted by molar-refractivity contribution is 5.85. The molecule has 2 heterocycles. The van der Waals surface area contributed by atoms with Crippen molar-refractivity contribution in [2.45, 2.75) is 45.6 Å². The third-order valence-electron chi connectivity index (χ3n) is 4.73. The van der Waals surface area contributed by atoms with Crippen LogP contribution < -0.4 is 10.6 Å². The number of ether oxygens (including phenoxy) is 1. The topological polar surface area (TPSA) is 53.6 Å². The van der Waals surface area contributed by atoms with Gasteiger partial charge < -0.3 is 20.3 Å². The highest BCUT2D eigenvalue weighted by atomic mass is 35.5. The number of hydrogen-bond donors (Lipinski definition) is 2. The zero-order chi connectivity index (χ0) is 16.0. The predicted octanol–water partition coefficient (Wildman–Crippen LogP) is 1.66. The summed E-state index contributed by atoms with van der Waals surface area (Å²) in [7, 11) is 1.77. The number of halogens is 1. The maximum Gasteiger partial charge on any atom is 0.237 e. The van der Waals surface area contributed by atoms with E-state index in [1.54, 1.807) is 7.11 Å². The molecule has 6 heteroatoms. The summed E-state index contributed by atoms with van der Waals surface area (Å²) < 4.78 is 5.32. The van der Waals surface area contributed by atoms with Crippen molar-refractivity contribution in [3.05, 3.63) is 0 Å². The molecule has 0 aromatic rings. The number of hydrogen-bond acceptors (Lipinski definition) is 4. The van der Waals surface area contributed by atoms with Crippen LogP contribution >= 0.6 is 12.4 Å². The zero-order valence-corrected chi connectivity index (χ0v) is 15.7. The molecule has 0 radical (unpaired) electrons. The van der Waals surface area contributed by atoms with E-state index in [2.05, 4.69) is 29.4 Å². The van der Waals surface area contributed by atoms with E-state index in [9.17, 15) is 4.79 Å². The molecular weight excluding hydrogens is 314 g/mol. The van der Waals surface area contributed by atoms with E-state index in [4.69, 9.17) is 4.74 Å². The average Bonchev–Trinajstić information content (AvgIpc) is 2.98. The lowest BCUT2D eigenvalue weighted by atomic mass is 9.91. The molecule has 2 rings (SSSR count). The van der Waals surface area contributed by atoms with E-state index in [0.717, 1.165) is 45.6 Å². The number of amides is 1. The Morgan fingerprint density at radius 2 is 2.13 bits per heavy atom. The molecule has 2 atom stereocenters. The largest absolute Gasteiger partial charge is 0.384 e. The minimum Gasteiger partial charge on any atom is -0.384 e. The van der Waals surface area contributed by atoms with Gasteiger partial charge in [-0.2, -0.15) is 0 Å². The lowest BCUT2D eigenvalue weighted by Gasteiger charge is -2.38. The van der Waals surface area contributed by atoms with Gasteiger partial charge in [-0.05, 0) is 44.7 Å². The van der Waals surface area contributed by atoms with Crippen molar-refractivity contribution in [3.8, 4) is 0 Å². The lowest BCUT2D eigenvalue weighted by molar-refractivity contribution is -0.123. The van der Waals surface area contributed by atoms with Crippen LogP contribution in [0.25, 0.3) is 0 Å². The van der Waals surface area contributed by atoms with Crippen LogP contribution in [-0.4, -0.2) is 63.3 Å². The van der Waals surface area contributed by atoms with Crippen molar-refractivity contribution in [2.24, 2.45) is 11.3 Å². The Balaban J connectivity index is 0.00000264. The van der Waals surface area contributed by atoms with Crippen LogP contribution in [0.15, 0.2) is 0 Å². The van der Waals surface area contributed by atoms with E-state index >= 15 is 0 Å². The van der Waals surface area contributed by atoms with Crippen LogP contribution in [0, 0.1) is 11.3 Å². The van der Waals surface area contributed by atoms with Gasteiger partial charge >= 0.3 is 0 Å². The molecule has 0 bridgehead atoms. The molecule has 2 aliphatic rings. The Labute approximate surface area is 147 Å². The van der Waals surface area contributed by atoms with E-state index in [-0.39, 0.29) is 29.8 Å². The molecule has 23 heavy (non-hydrogen) atoms. The fourth-order valence-corrected chi connectivity index (χ4v) is 3.78. The Morgan fingerprint density at radius 3 is 2.78 bits per heavy atom. The summed E-state index contributed by atoms with van der Waals surface area (Å²) in [6, 6.07) is 0.0420. The number of piperidine rings is 1. The summed E-state index contributed by atoms with van der Waals surface area (Å²) in [4.78, 5) is 14.6. The summed E-state index contributed by atoms with van der Waals surface area (Å²) in [5.41, 5.74) is 0.188. The molecule has 2 unspecified atom stereocenters. The summed E-state index contributed by atoms with van der Waals surface area (Å²) in [5, 5.41) is 6.41. The second-order valence-electron chi connectivity index (χ2n) is 7.73. The van der Waals surface area contributed by atoms with Gasteiger partial charge in [-0.25, -0.2) is 0 Å². The molecule has 2 N–H and O–H groups in total. The molecule has 136 valence electrons. The lowest BCUT2D eigenvalue weighted by Crippen LogP contribution is -2.47. The molecule has 2 saturated heterocycles. The van der Waals surface area contributed by atoms with Crippen LogP contribution in [0.3, 0.4) is 0 Å². The van der Waals surface area contributed by atoms with Crippen molar-refractivity contribution in [3.63, 3.8) is 0 Å². The first kappa shape index (κ1) is 20.7. The molecule has 0 spiro atoms. The second-order valence-corrected chi connectivity index (χ2v) is 7.73. The number of rotatable bonds is 7. The number of likely N-dealkylation sites (tertiary alicyclic amines) is 1. The van der Waals surface area contributed by atoms with Crippen molar-refractivity contribution >= 4 is 18.3 Å². The number of nitrogens with one attached hydrogen (secondary N) is 2. The Hall–Kier alpha value is -0.360. The fourth-order valence-electron chi connectivity index (χ4n) is 3.78. The van der Waals surface area contributed by atoms with E-state index in [1.807, 2.05) is 0 Å². The minimum atomic E-state index is 0. The molecule has 5 nitrogen and oxygen atoms in total. The summed E-state index contributed by atoms with van der Waals surface area (Å²) in [6.45, 7) is 10.4. The summed E-state index contributed by atoms with van der Waals surface area (Å²) in [5.74, 6) is 0.770. The van der Waals surface area contributed by atoms with E-state index in [0.29, 0.717) is 5.92 Å². The van der Waals surface area contributed by atoms with Gasteiger partial charge in [0, 0.05) is 32.2 Å². The number of carbonyl (C=O) groups excluding carboxylic acids is 1. The highest BCUT2D eigenvalue weighted by Gasteiger charge is 2.27. The SMILES string of the molecule is COCC(C)(C)CN1CCCC(CNC(=O)C2CCCN2)C1.Cl. The van der Waals surface area contributed by atoms with Crippen LogP contribution in [0.5, 0.6) is 0 Å². The minimum absolute atomic E-state index is 0. The molecule has 0 aromatic carbocycles. The summed E-state index contributed by atoms with van der Waals surface area (Å²) >= 11 is 0. The normalized spacial score (nSPS) is 25.9. The second kappa shape index (κ2) is 9.82. The zero-order valence-electron chi connectivity index (χ0n) is 14.9. The Bertz CT molecular complexity index is 360. The van der Waals surface area contributed by atoms with Gasteiger partial charge in [0.25, 0.3) is 0 Å². The van der Waals surface area contributed by atoms with Gasteiger partial charge in [-0.1, -0.05) is 13.8 Å². The van der Waals surface area contributed by atoms with Crippen molar-refractivity contribution < 1.29 is 9.53 Å². The molecule has 0 aromatic heterocycles. The van der Waals surface area contributed by atoms with Gasteiger partial charge in [0.2, 0.25) is 5.91 Å². The molecule has 0 saturated carbocycles. The molecule has 1 amide bonds. The van der Waals surface area contributed by atoms with Crippen LogP contribution in [0.1, 0.15) is 39.5 Å². The van der Waals surface area contributed by atoms with Crippen molar-refractivity contribution in [2.75, 3.05) is 46.4 Å². The van der Waals surface area contributed by atoms with Crippen molar-refractivity contribution in [1.82, 2.24) is 15.5 Å². The number of nitrogens with zero attached hydrogens (tertiary/aromatic N) is 1. The Morgan fingerprint density at radius 1 is 1.35 bits per heavy atom. The smallest absolute Gasteiger partial charge is 0.237 e. The highest BCUT2D eigenvalue weighted by Crippen LogP contribution is 2.22. The van der Waals surface area contributed by atoms with Gasteiger partial charge in [0.05, 0.1) is 12.6 Å². The molecular formula is C17H34ClN3O2. The first-order valence-corrected chi connectivity index (χ1v) is 8.72. The number of methoxy groups -OCH3 is 1. The monoisotopic (exact) mass is 347 g/mol. The molecule has 2 aliphatic heterocycles.